The van der Waals surface area contributed by atoms with Crippen LogP contribution in [0.25, 0.3) is 0 Å². The molecular formula is C23H28N2O4. The molecule has 6 heteroatoms. The lowest BCUT2D eigenvalue weighted by Gasteiger charge is -2.23. The monoisotopic (exact) mass is 396 g/mol. The van der Waals surface area contributed by atoms with Gasteiger partial charge in [0, 0.05) is 6.42 Å². The van der Waals surface area contributed by atoms with E-state index < -0.39 is 35.3 Å². The van der Waals surface area contributed by atoms with Gasteiger partial charge in [-0.2, -0.15) is 0 Å². The highest BCUT2D eigenvalue weighted by Crippen LogP contribution is 2.11. The van der Waals surface area contributed by atoms with Crippen LogP contribution in [-0.4, -0.2) is 35.3 Å². The molecule has 0 heterocycles. The summed E-state index contributed by atoms with van der Waals surface area (Å²) in [5.74, 6) is -2.27. The number of amides is 1. The fourth-order valence-corrected chi connectivity index (χ4v) is 2.77. The van der Waals surface area contributed by atoms with Crippen molar-refractivity contribution >= 4 is 17.7 Å². The van der Waals surface area contributed by atoms with Crippen molar-refractivity contribution in [3.05, 3.63) is 71.8 Å². The zero-order valence-corrected chi connectivity index (χ0v) is 17.1. The smallest absolute Gasteiger partial charge is 0.377 e. The molecule has 29 heavy (non-hydrogen) atoms. The van der Waals surface area contributed by atoms with Gasteiger partial charge < -0.3 is 15.8 Å². The Balaban J connectivity index is 2.12. The van der Waals surface area contributed by atoms with Gasteiger partial charge in [0.1, 0.15) is 11.6 Å². The maximum Gasteiger partial charge on any atom is 0.377 e. The lowest BCUT2D eigenvalue weighted by Crippen LogP contribution is -2.52. The quantitative estimate of drug-likeness (QED) is 0.526. The van der Waals surface area contributed by atoms with E-state index in [1.54, 1.807) is 20.8 Å². The van der Waals surface area contributed by atoms with E-state index in [0.29, 0.717) is 6.42 Å². The molecule has 0 aromatic heterocycles. The Bertz CT molecular complexity index is 829. The number of Topliss-reactive ketones (excluding diaryl/α,β-unsaturated/α-hetero) is 1. The van der Waals surface area contributed by atoms with Gasteiger partial charge in [-0.25, -0.2) is 4.79 Å². The van der Waals surface area contributed by atoms with E-state index in [1.165, 1.54) is 0 Å². The second-order valence-corrected chi connectivity index (χ2v) is 7.91. The third-order valence-electron chi connectivity index (χ3n) is 4.15. The molecule has 2 rings (SSSR count). The fraction of sp³-hybridized carbons (Fsp3) is 0.348. The summed E-state index contributed by atoms with van der Waals surface area (Å²) in [6, 6.07) is 16.6. The number of nitrogens with one attached hydrogen (secondary N) is 1. The maximum atomic E-state index is 12.7. The largest absolute Gasteiger partial charge is 0.454 e. The summed E-state index contributed by atoms with van der Waals surface area (Å²) in [7, 11) is 0. The second kappa shape index (κ2) is 9.98. The van der Waals surface area contributed by atoms with Crippen LogP contribution in [0.5, 0.6) is 0 Å². The molecule has 0 bridgehead atoms. The third kappa shape index (κ3) is 7.50. The molecule has 0 radical (unpaired) electrons. The van der Waals surface area contributed by atoms with Gasteiger partial charge in [0.2, 0.25) is 5.91 Å². The van der Waals surface area contributed by atoms with Crippen molar-refractivity contribution in [2.24, 2.45) is 5.73 Å². The second-order valence-electron chi connectivity index (χ2n) is 7.91. The van der Waals surface area contributed by atoms with E-state index in [4.69, 9.17) is 10.5 Å². The molecule has 2 aromatic carbocycles. The van der Waals surface area contributed by atoms with Gasteiger partial charge in [0.05, 0.1) is 6.04 Å². The predicted molar refractivity (Wildman–Crippen MR) is 111 cm³/mol. The Labute approximate surface area is 171 Å². The number of benzene rings is 2. The first kappa shape index (κ1) is 22.3. The predicted octanol–water partition coefficient (Wildman–Crippen LogP) is 2.19. The van der Waals surface area contributed by atoms with Crippen molar-refractivity contribution in [2.75, 3.05) is 0 Å². The van der Waals surface area contributed by atoms with Gasteiger partial charge >= 0.3 is 5.97 Å². The molecule has 1 amide bonds. The highest BCUT2D eigenvalue weighted by atomic mass is 16.6. The molecule has 0 unspecified atom stereocenters. The van der Waals surface area contributed by atoms with Crippen LogP contribution in [0.4, 0.5) is 0 Å². The third-order valence-corrected chi connectivity index (χ3v) is 4.15. The van der Waals surface area contributed by atoms with Gasteiger partial charge in [0.25, 0.3) is 5.78 Å². The molecule has 0 saturated carbocycles. The lowest BCUT2D eigenvalue weighted by molar-refractivity contribution is -0.163. The van der Waals surface area contributed by atoms with Gasteiger partial charge in [-0.3, -0.25) is 9.59 Å². The first-order valence-corrected chi connectivity index (χ1v) is 9.56. The molecule has 6 nitrogen and oxygen atoms in total. The van der Waals surface area contributed by atoms with Crippen molar-refractivity contribution in [1.29, 1.82) is 0 Å². The van der Waals surface area contributed by atoms with E-state index in [-0.39, 0.29) is 6.42 Å². The molecular weight excluding hydrogens is 368 g/mol. The average Bonchev–Trinajstić information content (AvgIpc) is 2.67. The summed E-state index contributed by atoms with van der Waals surface area (Å²) in [4.78, 5) is 37.6. The van der Waals surface area contributed by atoms with Crippen LogP contribution in [0.1, 0.15) is 31.9 Å². The summed E-state index contributed by atoms with van der Waals surface area (Å²) in [6.45, 7) is 5.04. The Hall–Kier alpha value is -2.99. The minimum atomic E-state index is -1.05. The van der Waals surface area contributed by atoms with Crippen LogP contribution < -0.4 is 11.1 Å². The van der Waals surface area contributed by atoms with E-state index in [2.05, 4.69) is 5.32 Å². The molecule has 154 valence electrons. The van der Waals surface area contributed by atoms with Crippen molar-refractivity contribution in [3.8, 4) is 0 Å². The van der Waals surface area contributed by atoms with E-state index in [1.807, 2.05) is 60.7 Å². The molecule has 0 fully saturated rings. The minimum absolute atomic E-state index is 0.169. The first-order chi connectivity index (χ1) is 13.7. The standard InChI is InChI=1S/C23H28N2O4/c1-23(2,3)29-22(28)20(26)19(15-17-12-8-5-9-13-17)25-21(27)18(24)14-16-10-6-4-7-11-16/h4-13,18-19H,14-15,24H2,1-3H3,(H,25,27)/t18-,19-/m0/s1. The normalized spacial score (nSPS) is 13.2. The SMILES string of the molecule is CC(C)(C)OC(=O)C(=O)[C@H](Cc1ccccc1)NC(=O)[C@@H](N)Cc1ccccc1. The maximum absolute atomic E-state index is 12.7. The van der Waals surface area contributed by atoms with Crippen LogP contribution in [0.15, 0.2) is 60.7 Å². The van der Waals surface area contributed by atoms with Crippen LogP contribution in [0.3, 0.4) is 0 Å². The van der Waals surface area contributed by atoms with E-state index in [0.717, 1.165) is 11.1 Å². The highest BCUT2D eigenvalue weighted by molar-refractivity contribution is 6.36. The summed E-state index contributed by atoms with van der Waals surface area (Å²) >= 11 is 0. The highest BCUT2D eigenvalue weighted by Gasteiger charge is 2.32. The number of nitrogens with two attached hydrogens (primary N) is 1. The molecule has 2 atom stereocenters. The molecule has 0 aliphatic heterocycles. The topological polar surface area (TPSA) is 98.5 Å². The lowest BCUT2D eigenvalue weighted by atomic mass is 10.0. The molecule has 0 spiro atoms. The van der Waals surface area contributed by atoms with Crippen LogP contribution in [0, 0.1) is 0 Å². The molecule has 2 aromatic rings. The van der Waals surface area contributed by atoms with Crippen molar-refractivity contribution in [3.63, 3.8) is 0 Å². The zero-order valence-electron chi connectivity index (χ0n) is 17.1. The van der Waals surface area contributed by atoms with Crippen LogP contribution in [-0.2, 0) is 32.0 Å². The summed E-state index contributed by atoms with van der Waals surface area (Å²) < 4.78 is 5.18. The van der Waals surface area contributed by atoms with Crippen LogP contribution >= 0.6 is 0 Å². The number of hydrogen-bond donors (Lipinski definition) is 2. The molecule has 0 saturated heterocycles. The average molecular weight is 396 g/mol. The Kier molecular flexibility index (Phi) is 7.67. The number of carbonyl (C=O) groups excluding carboxylic acids is 3. The molecule has 0 aliphatic rings. The summed E-state index contributed by atoms with van der Waals surface area (Å²) in [5.41, 5.74) is 6.94. The van der Waals surface area contributed by atoms with Crippen LogP contribution in [0.2, 0.25) is 0 Å². The van der Waals surface area contributed by atoms with Gasteiger partial charge in [-0.1, -0.05) is 60.7 Å². The van der Waals surface area contributed by atoms with Crippen molar-refractivity contribution in [2.45, 2.75) is 51.3 Å². The zero-order chi connectivity index (χ0) is 21.4. The van der Waals surface area contributed by atoms with Crippen molar-refractivity contribution < 1.29 is 19.1 Å². The van der Waals surface area contributed by atoms with Gasteiger partial charge in [0.15, 0.2) is 0 Å². The number of ketones is 1. The number of ether oxygens (including phenoxy) is 1. The first-order valence-electron chi connectivity index (χ1n) is 9.56. The number of carbonyl (C=O) groups is 3. The molecule has 3 N–H and O–H groups in total. The van der Waals surface area contributed by atoms with Crippen molar-refractivity contribution in [1.82, 2.24) is 5.32 Å². The van der Waals surface area contributed by atoms with E-state index >= 15 is 0 Å². The number of hydrogen-bond acceptors (Lipinski definition) is 5. The Morgan fingerprint density at radius 1 is 0.897 bits per heavy atom. The van der Waals surface area contributed by atoms with E-state index in [9.17, 15) is 14.4 Å². The summed E-state index contributed by atoms with van der Waals surface area (Å²) in [5, 5.41) is 2.64. The molecule has 0 aliphatic carbocycles. The Morgan fingerprint density at radius 3 is 1.86 bits per heavy atom. The van der Waals surface area contributed by atoms with Gasteiger partial charge in [-0.15, -0.1) is 0 Å². The number of esters is 1. The van der Waals surface area contributed by atoms with Gasteiger partial charge in [-0.05, 0) is 38.3 Å². The minimum Gasteiger partial charge on any atom is -0.454 e. The number of rotatable bonds is 8. The Morgan fingerprint density at radius 2 is 1.38 bits per heavy atom. The fourth-order valence-electron chi connectivity index (χ4n) is 2.77. The summed E-state index contributed by atoms with van der Waals surface area (Å²) in [6.07, 6.45) is 0.494.